The van der Waals surface area contributed by atoms with Crippen LogP contribution in [0.15, 0.2) is 70.9 Å². The number of Topliss-reactive ketones (excluding diaryl/α,β-unsaturated/α-hetero) is 1. The van der Waals surface area contributed by atoms with E-state index in [1.807, 2.05) is 43.3 Å². The van der Waals surface area contributed by atoms with E-state index in [9.17, 15) is 9.59 Å². The molecule has 0 aliphatic carbocycles. The number of rotatable bonds is 3. The smallest absolute Gasteiger partial charge is 0.343 e. The maximum Gasteiger partial charge on any atom is 0.343 e. The van der Waals surface area contributed by atoms with Gasteiger partial charge in [-0.2, -0.15) is 0 Å². The van der Waals surface area contributed by atoms with Crippen molar-refractivity contribution in [2.24, 2.45) is 0 Å². The predicted molar refractivity (Wildman–Crippen MR) is 114 cm³/mol. The highest BCUT2D eigenvalue weighted by Gasteiger charge is 2.30. The van der Waals surface area contributed by atoms with Crippen LogP contribution in [0.2, 0.25) is 0 Å². The zero-order valence-corrected chi connectivity index (χ0v) is 17.4. The number of allylic oxidation sites excluding steroid dienone is 1. The van der Waals surface area contributed by atoms with E-state index in [2.05, 4.69) is 15.9 Å². The first kappa shape index (κ1) is 19.2. The SMILES string of the molecule is Cc1ccc(C(=O)Oc2cc(C)c3c(c2)O/C(=C\c2ccccc2Br)C3=O)cc1. The number of esters is 1. The average molecular weight is 449 g/mol. The van der Waals surface area contributed by atoms with Crippen molar-refractivity contribution in [3.8, 4) is 11.5 Å². The van der Waals surface area contributed by atoms with Crippen LogP contribution >= 0.6 is 15.9 Å². The van der Waals surface area contributed by atoms with Crippen LogP contribution in [-0.2, 0) is 0 Å². The van der Waals surface area contributed by atoms with Crippen LogP contribution in [0.5, 0.6) is 11.5 Å². The van der Waals surface area contributed by atoms with E-state index in [-0.39, 0.29) is 11.5 Å². The summed E-state index contributed by atoms with van der Waals surface area (Å²) in [4.78, 5) is 25.2. The van der Waals surface area contributed by atoms with Crippen LogP contribution in [-0.4, -0.2) is 11.8 Å². The Hall–Kier alpha value is -3.18. The largest absolute Gasteiger partial charge is 0.452 e. The normalized spacial score (nSPS) is 13.9. The molecule has 0 saturated carbocycles. The molecule has 144 valence electrons. The lowest BCUT2D eigenvalue weighted by atomic mass is 10.0. The van der Waals surface area contributed by atoms with Crippen LogP contribution in [0.1, 0.15) is 37.4 Å². The molecule has 1 aliphatic heterocycles. The molecule has 0 fully saturated rings. The highest BCUT2D eigenvalue weighted by Crippen LogP contribution is 2.38. The van der Waals surface area contributed by atoms with Gasteiger partial charge in [-0.15, -0.1) is 0 Å². The van der Waals surface area contributed by atoms with Crippen molar-refractivity contribution in [1.82, 2.24) is 0 Å². The highest BCUT2D eigenvalue weighted by molar-refractivity contribution is 9.10. The number of hydrogen-bond acceptors (Lipinski definition) is 4. The van der Waals surface area contributed by atoms with E-state index in [4.69, 9.17) is 9.47 Å². The van der Waals surface area contributed by atoms with Crippen molar-refractivity contribution >= 4 is 33.8 Å². The Morgan fingerprint density at radius 1 is 1.03 bits per heavy atom. The molecule has 4 rings (SSSR count). The summed E-state index contributed by atoms with van der Waals surface area (Å²) in [7, 11) is 0. The van der Waals surface area contributed by atoms with Crippen LogP contribution in [0, 0.1) is 13.8 Å². The lowest BCUT2D eigenvalue weighted by Crippen LogP contribution is -2.08. The molecule has 0 aromatic heterocycles. The topological polar surface area (TPSA) is 52.6 Å². The second-order valence-electron chi connectivity index (χ2n) is 6.83. The summed E-state index contributed by atoms with van der Waals surface area (Å²) in [5.74, 6) is 0.307. The van der Waals surface area contributed by atoms with Crippen molar-refractivity contribution in [2.75, 3.05) is 0 Å². The van der Waals surface area contributed by atoms with Gasteiger partial charge in [0, 0.05) is 10.5 Å². The fraction of sp³-hybridized carbons (Fsp3) is 0.0833. The van der Waals surface area contributed by atoms with Crippen molar-refractivity contribution in [3.63, 3.8) is 0 Å². The molecule has 0 saturated heterocycles. The second kappa shape index (κ2) is 7.68. The summed E-state index contributed by atoms with van der Waals surface area (Å²) in [5.41, 5.74) is 3.53. The Balaban J connectivity index is 1.62. The molecule has 0 atom stereocenters. The number of ether oxygens (including phenoxy) is 2. The lowest BCUT2D eigenvalue weighted by molar-refractivity contribution is 0.0734. The van der Waals surface area contributed by atoms with Gasteiger partial charge in [-0.3, -0.25) is 4.79 Å². The first-order chi connectivity index (χ1) is 13.9. The van der Waals surface area contributed by atoms with E-state index in [1.165, 1.54) is 0 Å². The summed E-state index contributed by atoms with van der Waals surface area (Å²) in [5, 5.41) is 0. The van der Waals surface area contributed by atoms with E-state index < -0.39 is 5.97 Å². The van der Waals surface area contributed by atoms with E-state index >= 15 is 0 Å². The molecule has 1 heterocycles. The molecule has 0 bridgehead atoms. The molecule has 0 amide bonds. The molecule has 0 unspecified atom stereocenters. The van der Waals surface area contributed by atoms with Crippen molar-refractivity contribution in [2.45, 2.75) is 13.8 Å². The summed E-state index contributed by atoms with van der Waals surface area (Å²) in [6.45, 7) is 3.75. The van der Waals surface area contributed by atoms with Gasteiger partial charge in [0.25, 0.3) is 0 Å². The molecule has 29 heavy (non-hydrogen) atoms. The molecule has 3 aromatic carbocycles. The fourth-order valence-corrected chi connectivity index (χ4v) is 3.52. The minimum absolute atomic E-state index is 0.190. The summed E-state index contributed by atoms with van der Waals surface area (Å²) in [6.07, 6.45) is 1.70. The molecule has 0 N–H and O–H groups in total. The van der Waals surface area contributed by atoms with E-state index in [1.54, 1.807) is 37.3 Å². The number of carbonyl (C=O) groups excluding carboxylic acids is 2. The number of hydrogen-bond donors (Lipinski definition) is 0. The molecule has 4 nitrogen and oxygen atoms in total. The van der Waals surface area contributed by atoms with Crippen molar-refractivity contribution in [3.05, 3.63) is 98.7 Å². The van der Waals surface area contributed by atoms with Crippen molar-refractivity contribution in [1.29, 1.82) is 0 Å². The van der Waals surface area contributed by atoms with Gasteiger partial charge in [0.2, 0.25) is 5.78 Å². The predicted octanol–water partition coefficient (Wildman–Crippen LogP) is 5.90. The molecule has 1 aliphatic rings. The Morgan fingerprint density at radius 3 is 2.48 bits per heavy atom. The third kappa shape index (κ3) is 3.87. The standard InChI is InChI=1S/C24H17BrO4/c1-14-7-9-16(10-8-14)24(27)28-18-11-15(2)22-20(13-18)29-21(23(22)26)12-17-5-3-4-6-19(17)25/h3-13H,1-2H3/b21-12-. The van der Waals surface area contributed by atoms with Crippen LogP contribution in [0.25, 0.3) is 6.08 Å². The maximum atomic E-state index is 12.8. The number of benzene rings is 3. The molecular formula is C24H17BrO4. The van der Waals surface area contributed by atoms with Crippen molar-refractivity contribution < 1.29 is 19.1 Å². The van der Waals surface area contributed by atoms with Gasteiger partial charge >= 0.3 is 5.97 Å². The third-order valence-electron chi connectivity index (χ3n) is 4.63. The summed E-state index contributed by atoms with van der Waals surface area (Å²) >= 11 is 3.47. The lowest BCUT2D eigenvalue weighted by Gasteiger charge is -2.08. The zero-order valence-electron chi connectivity index (χ0n) is 15.9. The molecule has 0 radical (unpaired) electrons. The number of carbonyl (C=O) groups is 2. The molecule has 0 spiro atoms. The number of ketones is 1. The minimum atomic E-state index is -0.461. The third-order valence-corrected chi connectivity index (χ3v) is 5.36. The van der Waals surface area contributed by atoms with Gasteiger partial charge in [-0.1, -0.05) is 51.8 Å². The molecule has 5 heteroatoms. The maximum absolute atomic E-state index is 12.8. The van der Waals surface area contributed by atoms with Gasteiger partial charge in [-0.05, 0) is 55.3 Å². The van der Waals surface area contributed by atoms with Crippen LogP contribution < -0.4 is 9.47 Å². The van der Waals surface area contributed by atoms with Crippen LogP contribution in [0.4, 0.5) is 0 Å². The Morgan fingerprint density at radius 2 is 1.76 bits per heavy atom. The number of fused-ring (bicyclic) bond motifs is 1. The fourth-order valence-electron chi connectivity index (χ4n) is 3.13. The van der Waals surface area contributed by atoms with Crippen LogP contribution in [0.3, 0.4) is 0 Å². The van der Waals surface area contributed by atoms with E-state index in [0.29, 0.717) is 28.2 Å². The Kier molecular flexibility index (Phi) is 5.07. The monoisotopic (exact) mass is 448 g/mol. The Labute approximate surface area is 176 Å². The van der Waals surface area contributed by atoms with Gasteiger partial charge < -0.3 is 9.47 Å². The minimum Gasteiger partial charge on any atom is -0.452 e. The number of aryl methyl sites for hydroxylation is 2. The second-order valence-corrected chi connectivity index (χ2v) is 7.68. The Bertz CT molecular complexity index is 1160. The first-order valence-corrected chi connectivity index (χ1v) is 9.84. The van der Waals surface area contributed by atoms with E-state index in [0.717, 1.165) is 15.6 Å². The van der Waals surface area contributed by atoms with Gasteiger partial charge in [-0.25, -0.2) is 4.79 Å². The molecule has 3 aromatic rings. The molecular weight excluding hydrogens is 432 g/mol. The average Bonchev–Trinajstić information content (AvgIpc) is 3.00. The zero-order chi connectivity index (χ0) is 20.5. The first-order valence-electron chi connectivity index (χ1n) is 9.04. The van der Waals surface area contributed by atoms with Gasteiger partial charge in [0.05, 0.1) is 11.1 Å². The number of halogens is 1. The van der Waals surface area contributed by atoms with Gasteiger partial charge in [0.15, 0.2) is 5.76 Å². The van der Waals surface area contributed by atoms with Gasteiger partial charge in [0.1, 0.15) is 11.5 Å². The highest BCUT2D eigenvalue weighted by atomic mass is 79.9. The summed E-state index contributed by atoms with van der Waals surface area (Å²) in [6, 6.07) is 18.0. The summed E-state index contributed by atoms with van der Waals surface area (Å²) < 4.78 is 12.2. The quantitative estimate of drug-likeness (QED) is 0.284.